The van der Waals surface area contributed by atoms with Crippen LogP contribution >= 0.6 is 11.6 Å². The number of carboxylic acid groups (broad SMARTS) is 1. The molecule has 0 aliphatic carbocycles. The molecule has 2 rings (SSSR count). The zero-order valence-electron chi connectivity index (χ0n) is 9.63. The molecule has 6 heteroatoms. The molecule has 0 unspecified atom stereocenters. The van der Waals surface area contributed by atoms with Crippen LogP contribution in [-0.2, 0) is 6.54 Å². The van der Waals surface area contributed by atoms with Crippen LogP contribution in [0.5, 0.6) is 0 Å². The fourth-order valence-corrected chi connectivity index (χ4v) is 1.73. The third-order valence-corrected chi connectivity index (χ3v) is 2.58. The van der Waals surface area contributed by atoms with Crippen molar-refractivity contribution in [3.05, 3.63) is 46.8 Å². The molecule has 1 aromatic carbocycles. The third-order valence-electron chi connectivity index (χ3n) is 2.35. The second-order valence-electron chi connectivity index (χ2n) is 3.81. The molecule has 0 atom stereocenters. The lowest BCUT2D eigenvalue weighted by atomic mass is 10.2. The standard InChI is InChI=1S/C12H11ClN2O3/c1-15(6-8-3-2-4-9(13)5-8)12-14-10(7-18-12)11(16)17/h2-5,7H,6H2,1H3,(H,16,17). The van der Waals surface area contributed by atoms with E-state index >= 15 is 0 Å². The van der Waals surface area contributed by atoms with Gasteiger partial charge in [-0.3, -0.25) is 0 Å². The average Bonchev–Trinajstić information content (AvgIpc) is 2.78. The topological polar surface area (TPSA) is 66.6 Å². The summed E-state index contributed by atoms with van der Waals surface area (Å²) in [6.07, 6.45) is 1.12. The van der Waals surface area contributed by atoms with Crippen LogP contribution in [0.25, 0.3) is 0 Å². The lowest BCUT2D eigenvalue weighted by molar-refractivity contribution is 0.0690. The second kappa shape index (κ2) is 5.10. The fourth-order valence-electron chi connectivity index (χ4n) is 1.51. The molecule has 0 aliphatic heterocycles. The van der Waals surface area contributed by atoms with Crippen molar-refractivity contribution in [2.45, 2.75) is 6.54 Å². The number of carbonyl (C=O) groups is 1. The normalized spacial score (nSPS) is 10.3. The van der Waals surface area contributed by atoms with Gasteiger partial charge >= 0.3 is 5.97 Å². The largest absolute Gasteiger partial charge is 0.476 e. The number of anilines is 1. The molecule has 0 spiro atoms. The van der Waals surface area contributed by atoms with E-state index in [1.54, 1.807) is 18.0 Å². The van der Waals surface area contributed by atoms with Gasteiger partial charge in [0.15, 0.2) is 5.69 Å². The highest BCUT2D eigenvalue weighted by Crippen LogP contribution is 2.17. The number of benzene rings is 1. The lowest BCUT2D eigenvalue weighted by Gasteiger charge is -2.14. The number of hydrogen-bond donors (Lipinski definition) is 1. The molecule has 0 saturated carbocycles. The zero-order chi connectivity index (χ0) is 13.1. The van der Waals surface area contributed by atoms with Crippen LogP contribution in [0.15, 0.2) is 34.9 Å². The smallest absolute Gasteiger partial charge is 0.357 e. The summed E-state index contributed by atoms with van der Waals surface area (Å²) in [6.45, 7) is 0.528. The van der Waals surface area contributed by atoms with Crippen molar-refractivity contribution in [1.29, 1.82) is 0 Å². The molecular weight excluding hydrogens is 256 g/mol. The number of halogens is 1. The summed E-state index contributed by atoms with van der Waals surface area (Å²) in [5.74, 6) is -1.11. The molecule has 0 bridgehead atoms. The molecular formula is C12H11ClN2O3. The monoisotopic (exact) mass is 266 g/mol. The Morgan fingerprint density at radius 1 is 1.56 bits per heavy atom. The van der Waals surface area contributed by atoms with Crippen molar-refractivity contribution < 1.29 is 14.3 Å². The fraction of sp³-hybridized carbons (Fsp3) is 0.167. The summed E-state index contributed by atoms with van der Waals surface area (Å²) in [5.41, 5.74) is 0.878. The number of hydrogen-bond acceptors (Lipinski definition) is 4. The van der Waals surface area contributed by atoms with E-state index in [0.29, 0.717) is 11.6 Å². The molecule has 0 saturated heterocycles. The zero-order valence-corrected chi connectivity index (χ0v) is 10.4. The first-order valence-electron chi connectivity index (χ1n) is 5.20. The van der Waals surface area contributed by atoms with Gasteiger partial charge in [0.2, 0.25) is 0 Å². The highest BCUT2D eigenvalue weighted by molar-refractivity contribution is 6.30. The highest BCUT2D eigenvalue weighted by atomic mass is 35.5. The van der Waals surface area contributed by atoms with E-state index in [4.69, 9.17) is 21.1 Å². The Bertz CT molecular complexity index is 568. The lowest BCUT2D eigenvalue weighted by Crippen LogP contribution is -2.16. The molecule has 1 N–H and O–H groups in total. The van der Waals surface area contributed by atoms with Gasteiger partial charge in [-0.15, -0.1) is 0 Å². The van der Waals surface area contributed by atoms with Gasteiger partial charge in [-0.05, 0) is 17.7 Å². The predicted octanol–water partition coefficient (Wildman–Crippen LogP) is 2.66. The van der Waals surface area contributed by atoms with Gasteiger partial charge < -0.3 is 14.4 Å². The SMILES string of the molecule is CN(Cc1cccc(Cl)c1)c1nc(C(=O)O)co1. The maximum Gasteiger partial charge on any atom is 0.357 e. The molecule has 2 aromatic rings. The molecule has 0 fully saturated rings. The Morgan fingerprint density at radius 3 is 2.94 bits per heavy atom. The van der Waals surface area contributed by atoms with E-state index in [1.807, 2.05) is 18.2 Å². The first-order valence-corrected chi connectivity index (χ1v) is 5.58. The molecule has 5 nitrogen and oxygen atoms in total. The van der Waals surface area contributed by atoms with E-state index in [2.05, 4.69) is 4.98 Å². The minimum atomic E-state index is -1.11. The number of aromatic nitrogens is 1. The van der Waals surface area contributed by atoms with Crippen LogP contribution in [0.2, 0.25) is 5.02 Å². The maximum atomic E-state index is 10.7. The van der Waals surface area contributed by atoms with Crippen molar-refractivity contribution in [3.63, 3.8) is 0 Å². The first-order chi connectivity index (χ1) is 8.56. The Morgan fingerprint density at radius 2 is 2.33 bits per heavy atom. The molecule has 0 amide bonds. The Balaban J connectivity index is 2.11. The molecule has 0 radical (unpaired) electrons. The van der Waals surface area contributed by atoms with E-state index in [1.165, 1.54) is 0 Å². The van der Waals surface area contributed by atoms with Crippen LogP contribution < -0.4 is 4.90 Å². The number of carboxylic acids is 1. The average molecular weight is 267 g/mol. The Hall–Kier alpha value is -2.01. The maximum absolute atomic E-state index is 10.7. The van der Waals surface area contributed by atoms with Gasteiger partial charge in [-0.1, -0.05) is 23.7 Å². The summed E-state index contributed by atoms with van der Waals surface area (Å²) in [6, 6.07) is 7.65. The molecule has 1 heterocycles. The summed E-state index contributed by atoms with van der Waals surface area (Å²) in [5, 5.41) is 9.40. The van der Waals surface area contributed by atoms with Gasteiger partial charge in [-0.25, -0.2) is 4.79 Å². The van der Waals surface area contributed by atoms with Gasteiger partial charge in [0.1, 0.15) is 6.26 Å². The van der Waals surface area contributed by atoms with E-state index in [0.717, 1.165) is 11.8 Å². The van der Waals surface area contributed by atoms with Crippen molar-refractivity contribution in [2.24, 2.45) is 0 Å². The van der Waals surface area contributed by atoms with E-state index < -0.39 is 5.97 Å². The predicted molar refractivity (Wildman–Crippen MR) is 67.0 cm³/mol. The minimum absolute atomic E-state index is 0.108. The van der Waals surface area contributed by atoms with Crippen LogP contribution in [0, 0.1) is 0 Å². The van der Waals surface area contributed by atoms with E-state index in [9.17, 15) is 4.79 Å². The summed E-state index contributed by atoms with van der Waals surface area (Å²) in [7, 11) is 1.76. The summed E-state index contributed by atoms with van der Waals surface area (Å²) in [4.78, 5) is 16.2. The van der Waals surface area contributed by atoms with Gasteiger partial charge in [0.25, 0.3) is 6.01 Å². The van der Waals surface area contributed by atoms with Crippen LogP contribution in [-0.4, -0.2) is 23.1 Å². The number of oxazole rings is 1. The first kappa shape index (κ1) is 12.4. The quantitative estimate of drug-likeness (QED) is 0.921. The van der Waals surface area contributed by atoms with E-state index in [-0.39, 0.29) is 11.7 Å². The highest BCUT2D eigenvalue weighted by Gasteiger charge is 2.13. The Labute approximate surface area is 109 Å². The van der Waals surface area contributed by atoms with Crippen molar-refractivity contribution in [3.8, 4) is 0 Å². The molecule has 18 heavy (non-hydrogen) atoms. The minimum Gasteiger partial charge on any atom is -0.476 e. The van der Waals surface area contributed by atoms with Crippen molar-refractivity contribution in [1.82, 2.24) is 4.98 Å². The molecule has 94 valence electrons. The Kier molecular flexibility index (Phi) is 3.53. The van der Waals surface area contributed by atoms with Crippen LogP contribution in [0.3, 0.4) is 0 Å². The van der Waals surface area contributed by atoms with Gasteiger partial charge in [-0.2, -0.15) is 4.98 Å². The molecule has 0 aliphatic rings. The second-order valence-corrected chi connectivity index (χ2v) is 4.24. The van der Waals surface area contributed by atoms with Crippen LogP contribution in [0.4, 0.5) is 6.01 Å². The van der Waals surface area contributed by atoms with Crippen molar-refractivity contribution >= 4 is 23.6 Å². The van der Waals surface area contributed by atoms with Gasteiger partial charge in [0, 0.05) is 18.6 Å². The van der Waals surface area contributed by atoms with Gasteiger partial charge in [0.05, 0.1) is 0 Å². The summed E-state index contributed by atoms with van der Waals surface area (Å²) >= 11 is 5.88. The number of nitrogens with zero attached hydrogens (tertiary/aromatic N) is 2. The summed E-state index contributed by atoms with van der Waals surface area (Å²) < 4.78 is 5.09. The number of rotatable bonds is 4. The molecule has 1 aromatic heterocycles. The van der Waals surface area contributed by atoms with Crippen LogP contribution in [0.1, 0.15) is 16.1 Å². The number of aromatic carboxylic acids is 1. The third kappa shape index (κ3) is 2.81. The van der Waals surface area contributed by atoms with Crippen molar-refractivity contribution in [2.75, 3.05) is 11.9 Å².